The zero-order valence-corrected chi connectivity index (χ0v) is 38.8. The van der Waals surface area contributed by atoms with Crippen molar-refractivity contribution in [2.75, 3.05) is 33.0 Å². The van der Waals surface area contributed by atoms with Gasteiger partial charge in [0.05, 0.1) is 58.9 Å². The summed E-state index contributed by atoms with van der Waals surface area (Å²) in [7, 11) is -6.13. The number of hydrazone groups is 2. The van der Waals surface area contributed by atoms with Gasteiger partial charge in [-0.15, -0.1) is 0 Å². The van der Waals surface area contributed by atoms with E-state index in [2.05, 4.69) is 94.1 Å². The second kappa shape index (κ2) is 18.9. The van der Waals surface area contributed by atoms with E-state index in [1.807, 2.05) is 83.1 Å². The van der Waals surface area contributed by atoms with Crippen molar-refractivity contribution < 1.29 is 16.8 Å². The van der Waals surface area contributed by atoms with Crippen molar-refractivity contribution in [2.24, 2.45) is 10.2 Å². The SMILES string of the molecule is O=S1(=O)CCC(N(/N=C/c2ccc3c(c2)c2ccccc2n3CCCCCCCCn2c3ccccc3c3cc(/C=N/N(c4ccccc4)C4CCS(=O)(=O)C4)ccc32)c2ccccc2)C1. The van der Waals surface area contributed by atoms with E-state index < -0.39 is 19.7 Å². The molecule has 8 aromatic rings. The Kier molecular flexibility index (Phi) is 12.5. The van der Waals surface area contributed by atoms with Crippen molar-refractivity contribution >= 4 is 87.1 Å². The van der Waals surface area contributed by atoms with Crippen LogP contribution < -0.4 is 10.0 Å². The Morgan fingerprint density at radius 3 is 1.24 bits per heavy atom. The average molecular weight is 917 g/mol. The first-order chi connectivity index (χ1) is 32.2. The number of sulfone groups is 2. The molecule has 2 unspecified atom stereocenters. The fourth-order valence-electron chi connectivity index (χ4n) is 10.1. The zero-order valence-electron chi connectivity index (χ0n) is 37.2. The van der Waals surface area contributed by atoms with E-state index in [-0.39, 0.29) is 35.1 Å². The maximum atomic E-state index is 12.4. The Morgan fingerprint density at radius 2 is 0.833 bits per heavy atom. The van der Waals surface area contributed by atoms with Crippen molar-refractivity contribution in [1.29, 1.82) is 0 Å². The molecule has 0 spiro atoms. The first kappa shape index (κ1) is 43.6. The number of rotatable bonds is 17. The van der Waals surface area contributed by atoms with Crippen molar-refractivity contribution in [2.45, 2.75) is 76.5 Å². The highest BCUT2D eigenvalue weighted by molar-refractivity contribution is 7.92. The van der Waals surface area contributed by atoms with Crippen LogP contribution in [0.15, 0.2) is 156 Å². The van der Waals surface area contributed by atoms with E-state index in [9.17, 15) is 16.8 Å². The maximum Gasteiger partial charge on any atom is 0.152 e. The molecule has 10 rings (SSSR count). The molecule has 2 aliphatic rings. The lowest BCUT2D eigenvalue weighted by Crippen LogP contribution is -2.31. The van der Waals surface area contributed by atoms with Gasteiger partial charge in [-0.25, -0.2) is 16.8 Å². The molecule has 66 heavy (non-hydrogen) atoms. The summed E-state index contributed by atoms with van der Waals surface area (Å²) in [5, 5.41) is 18.4. The van der Waals surface area contributed by atoms with E-state index in [4.69, 9.17) is 10.2 Å². The molecule has 2 aliphatic heterocycles. The first-order valence-corrected chi connectivity index (χ1v) is 27.0. The molecule has 2 atom stereocenters. The van der Waals surface area contributed by atoms with E-state index in [1.54, 1.807) is 0 Å². The summed E-state index contributed by atoms with van der Waals surface area (Å²) in [4.78, 5) is 0. The number of fused-ring (bicyclic) bond motifs is 6. The summed E-state index contributed by atoms with van der Waals surface area (Å²) in [5.41, 5.74) is 8.67. The predicted octanol–water partition coefficient (Wildman–Crippen LogP) is 11.0. The molecular formula is C54H56N6O4S2. The molecule has 0 N–H and O–H groups in total. The largest absolute Gasteiger partial charge is 0.340 e. The number of hydrogen-bond acceptors (Lipinski definition) is 8. The van der Waals surface area contributed by atoms with Crippen molar-refractivity contribution in [3.8, 4) is 0 Å². The molecule has 0 aliphatic carbocycles. The third-order valence-electron chi connectivity index (χ3n) is 13.4. The van der Waals surface area contributed by atoms with E-state index in [0.717, 1.165) is 48.4 Å². The fourth-order valence-corrected chi connectivity index (χ4v) is 13.5. The number of aryl methyl sites for hydroxylation is 2. The molecule has 2 fully saturated rings. The molecular weight excluding hydrogens is 861 g/mol. The monoisotopic (exact) mass is 916 g/mol. The van der Waals surface area contributed by atoms with Gasteiger partial charge in [0.2, 0.25) is 0 Å². The highest BCUT2D eigenvalue weighted by atomic mass is 32.2. The first-order valence-electron chi connectivity index (χ1n) is 23.4. The number of unbranched alkanes of at least 4 members (excludes halogenated alkanes) is 5. The minimum Gasteiger partial charge on any atom is -0.340 e. The molecule has 2 aromatic heterocycles. The van der Waals surface area contributed by atoms with Gasteiger partial charge in [-0.05, 0) is 97.5 Å². The lowest BCUT2D eigenvalue weighted by atomic mass is 10.1. The van der Waals surface area contributed by atoms with Crippen LogP contribution in [0.3, 0.4) is 0 Å². The summed E-state index contributed by atoms with van der Waals surface area (Å²) in [6, 6.07) is 49.7. The van der Waals surface area contributed by atoms with Gasteiger partial charge in [0.25, 0.3) is 0 Å². The fraction of sp³-hybridized carbons (Fsp3) is 0.296. The van der Waals surface area contributed by atoms with Crippen LogP contribution in [0.25, 0.3) is 43.6 Å². The molecule has 6 aromatic carbocycles. The minimum atomic E-state index is -3.07. The number of benzene rings is 6. The van der Waals surface area contributed by atoms with Crippen LogP contribution in [-0.4, -0.2) is 73.5 Å². The second-order valence-electron chi connectivity index (χ2n) is 18.0. The van der Waals surface area contributed by atoms with Gasteiger partial charge in [0.15, 0.2) is 19.7 Å². The van der Waals surface area contributed by atoms with Gasteiger partial charge in [-0.1, -0.05) is 111 Å². The van der Waals surface area contributed by atoms with Crippen LogP contribution in [0.4, 0.5) is 11.4 Å². The van der Waals surface area contributed by atoms with Crippen LogP contribution >= 0.6 is 0 Å². The lowest BCUT2D eigenvalue weighted by molar-refractivity contribution is 0.545. The summed E-state index contributed by atoms with van der Waals surface area (Å²) < 4.78 is 54.5. The molecule has 338 valence electrons. The number of nitrogens with zero attached hydrogens (tertiary/aromatic N) is 6. The van der Waals surface area contributed by atoms with Crippen LogP contribution in [0, 0.1) is 0 Å². The normalized spacial score (nSPS) is 18.2. The summed E-state index contributed by atoms with van der Waals surface area (Å²) in [5.74, 6) is 0.625. The van der Waals surface area contributed by atoms with Crippen molar-refractivity contribution in [1.82, 2.24) is 9.13 Å². The van der Waals surface area contributed by atoms with Gasteiger partial charge in [-0.2, -0.15) is 10.2 Å². The number of para-hydroxylation sites is 4. The topological polar surface area (TPSA) is 109 Å². The van der Waals surface area contributed by atoms with E-state index >= 15 is 0 Å². The smallest absolute Gasteiger partial charge is 0.152 e. The predicted molar refractivity (Wildman–Crippen MR) is 274 cm³/mol. The number of hydrogen-bond donors (Lipinski definition) is 0. The summed E-state index contributed by atoms with van der Waals surface area (Å²) >= 11 is 0. The standard InChI is InChI=1S/C54H56N6O4S2/c61-65(62)33-29-45(39-65)59(43-17-7-5-8-18-43)55-37-41-25-27-53-49(35-41)47-21-11-13-23-51(47)57(53)31-15-3-1-2-4-16-32-58-52-24-14-12-22-48(52)50-36-42(26-28-54(50)58)38-56-60(44-19-9-6-10-20-44)46-30-34-66(63,64)40-46/h5-14,17-28,35-38,45-46H,1-4,15-16,29-34,39-40H2/b55-37+,56-38+. The second-order valence-corrected chi connectivity index (χ2v) is 22.4. The Hall–Kier alpha value is -6.24. The molecule has 10 nitrogen and oxygen atoms in total. The maximum absolute atomic E-state index is 12.4. The van der Waals surface area contributed by atoms with Crippen molar-refractivity contribution in [3.63, 3.8) is 0 Å². The Balaban J connectivity index is 0.764. The molecule has 12 heteroatoms. The van der Waals surface area contributed by atoms with Gasteiger partial charge in [0.1, 0.15) is 0 Å². The van der Waals surface area contributed by atoms with Crippen molar-refractivity contribution in [3.05, 3.63) is 157 Å². The quantitative estimate of drug-likeness (QED) is 0.0511. The Labute approximate surface area is 387 Å². The van der Waals surface area contributed by atoms with Gasteiger partial charge < -0.3 is 9.13 Å². The van der Waals surface area contributed by atoms with Gasteiger partial charge in [-0.3, -0.25) is 10.0 Å². The van der Waals surface area contributed by atoms with Crippen LogP contribution in [0.5, 0.6) is 0 Å². The minimum absolute atomic E-state index is 0.115. The molecule has 2 saturated heterocycles. The summed E-state index contributed by atoms with van der Waals surface area (Å²) in [6.07, 6.45) is 11.8. The number of anilines is 2. The van der Waals surface area contributed by atoms with Gasteiger partial charge in [0, 0.05) is 56.7 Å². The molecule has 0 radical (unpaired) electrons. The highest BCUT2D eigenvalue weighted by Gasteiger charge is 2.34. The van der Waals surface area contributed by atoms with Crippen LogP contribution in [0.1, 0.15) is 62.5 Å². The summed E-state index contributed by atoms with van der Waals surface area (Å²) in [6.45, 7) is 1.91. The van der Waals surface area contributed by atoms with Crippen LogP contribution in [0.2, 0.25) is 0 Å². The van der Waals surface area contributed by atoms with E-state index in [0.29, 0.717) is 12.8 Å². The molecule has 0 bridgehead atoms. The third kappa shape index (κ3) is 9.39. The Bertz CT molecular complexity index is 3070. The average Bonchev–Trinajstić information content (AvgIpc) is 4.07. The third-order valence-corrected chi connectivity index (χ3v) is 16.9. The molecule has 0 amide bonds. The highest BCUT2D eigenvalue weighted by Crippen LogP contribution is 2.33. The van der Waals surface area contributed by atoms with Crippen LogP contribution in [-0.2, 0) is 32.8 Å². The molecule has 0 saturated carbocycles. The molecule has 4 heterocycles. The number of aromatic nitrogens is 2. The van der Waals surface area contributed by atoms with E-state index in [1.165, 1.54) is 69.3 Å². The Morgan fingerprint density at radius 1 is 0.455 bits per heavy atom. The lowest BCUT2D eigenvalue weighted by Gasteiger charge is -2.25. The van der Waals surface area contributed by atoms with Gasteiger partial charge >= 0.3 is 0 Å². The zero-order chi connectivity index (χ0) is 45.1.